The van der Waals surface area contributed by atoms with Gasteiger partial charge in [0, 0.05) is 11.3 Å². The van der Waals surface area contributed by atoms with E-state index in [1.807, 2.05) is 44.2 Å². The third-order valence-corrected chi connectivity index (χ3v) is 6.35. The first-order valence-corrected chi connectivity index (χ1v) is 11.6. The molecule has 0 fully saturated rings. The van der Waals surface area contributed by atoms with Gasteiger partial charge in [0.1, 0.15) is 0 Å². The fourth-order valence-electron chi connectivity index (χ4n) is 3.67. The summed E-state index contributed by atoms with van der Waals surface area (Å²) in [6.45, 7) is 5.70. The number of hydrogen-bond acceptors (Lipinski definition) is 5. The van der Waals surface area contributed by atoms with Gasteiger partial charge in [-0.2, -0.15) is 0 Å². The van der Waals surface area contributed by atoms with Crippen molar-refractivity contribution >= 4 is 40.2 Å². The van der Waals surface area contributed by atoms with E-state index in [1.165, 1.54) is 11.8 Å². The minimum Gasteiger partial charge on any atom is -0.366 e. The van der Waals surface area contributed by atoms with Crippen LogP contribution in [0.5, 0.6) is 0 Å². The lowest BCUT2D eigenvalue weighted by Crippen LogP contribution is -2.26. The summed E-state index contributed by atoms with van der Waals surface area (Å²) in [6.07, 6.45) is 0. The number of benzene rings is 3. The number of thioether (sulfide) groups is 1. The number of primary amides is 1. The van der Waals surface area contributed by atoms with Gasteiger partial charge in [-0.1, -0.05) is 30.0 Å². The maximum atomic E-state index is 13.5. The van der Waals surface area contributed by atoms with Crippen molar-refractivity contribution in [3.63, 3.8) is 0 Å². The highest BCUT2D eigenvalue weighted by molar-refractivity contribution is 8.00. The Kier molecular flexibility index (Phi) is 6.51. The van der Waals surface area contributed by atoms with Crippen LogP contribution in [-0.4, -0.2) is 26.6 Å². The molecule has 172 valence electrons. The standard InChI is InChI=1S/C26H24N4O3S/c1-15-12-16(2)14-20(13-15)30-25(33)21-6-4-5-7-22(21)29-26(30)34-17(3)24(32)28-19-10-8-18(9-11-19)23(27)31/h4-14,17H,1-3H3,(H2,27,31)(H,28,32). The van der Waals surface area contributed by atoms with E-state index in [1.54, 1.807) is 47.9 Å². The first-order chi connectivity index (χ1) is 16.2. The first-order valence-electron chi connectivity index (χ1n) is 10.7. The molecule has 0 spiro atoms. The molecule has 0 radical (unpaired) electrons. The van der Waals surface area contributed by atoms with Gasteiger partial charge >= 0.3 is 0 Å². The number of para-hydroxylation sites is 1. The Balaban J connectivity index is 1.69. The molecule has 0 aliphatic carbocycles. The molecule has 1 atom stereocenters. The molecular formula is C26H24N4O3S. The Labute approximate surface area is 201 Å². The number of hydrogen-bond donors (Lipinski definition) is 2. The lowest BCUT2D eigenvalue weighted by Gasteiger charge is -2.17. The number of aromatic nitrogens is 2. The molecule has 0 aliphatic heterocycles. The lowest BCUT2D eigenvalue weighted by molar-refractivity contribution is -0.115. The monoisotopic (exact) mass is 472 g/mol. The average Bonchev–Trinajstić information content (AvgIpc) is 2.79. The van der Waals surface area contributed by atoms with E-state index in [9.17, 15) is 14.4 Å². The van der Waals surface area contributed by atoms with Crippen molar-refractivity contribution < 1.29 is 9.59 Å². The number of rotatable bonds is 6. The van der Waals surface area contributed by atoms with Crippen molar-refractivity contribution in [1.29, 1.82) is 0 Å². The fourth-order valence-corrected chi connectivity index (χ4v) is 4.60. The summed E-state index contributed by atoms with van der Waals surface area (Å²) in [5, 5.41) is 3.22. The maximum absolute atomic E-state index is 13.5. The van der Waals surface area contributed by atoms with Crippen LogP contribution in [0.1, 0.15) is 28.4 Å². The predicted molar refractivity (Wildman–Crippen MR) is 136 cm³/mol. The number of carbonyl (C=O) groups excluding carboxylic acids is 2. The molecule has 34 heavy (non-hydrogen) atoms. The second-order valence-electron chi connectivity index (χ2n) is 8.09. The van der Waals surface area contributed by atoms with Gasteiger partial charge in [-0.05, 0) is 80.4 Å². The van der Waals surface area contributed by atoms with Crippen molar-refractivity contribution in [3.05, 3.63) is 93.8 Å². The molecule has 0 aliphatic rings. The third kappa shape index (κ3) is 4.87. The molecule has 7 nitrogen and oxygen atoms in total. The molecule has 3 aromatic carbocycles. The van der Waals surface area contributed by atoms with Crippen LogP contribution in [0.2, 0.25) is 0 Å². The Morgan fingerprint density at radius 1 is 1.00 bits per heavy atom. The van der Waals surface area contributed by atoms with Gasteiger partial charge in [0.15, 0.2) is 5.16 Å². The highest BCUT2D eigenvalue weighted by atomic mass is 32.2. The fraction of sp³-hybridized carbons (Fsp3) is 0.154. The highest BCUT2D eigenvalue weighted by Crippen LogP contribution is 2.27. The quantitative estimate of drug-likeness (QED) is 0.323. The van der Waals surface area contributed by atoms with E-state index >= 15 is 0 Å². The van der Waals surface area contributed by atoms with Gasteiger partial charge < -0.3 is 11.1 Å². The summed E-state index contributed by atoms with van der Waals surface area (Å²) < 4.78 is 1.57. The molecule has 0 saturated heterocycles. The van der Waals surface area contributed by atoms with Gasteiger partial charge in [0.2, 0.25) is 11.8 Å². The average molecular weight is 473 g/mol. The van der Waals surface area contributed by atoms with Crippen LogP contribution in [0, 0.1) is 13.8 Å². The van der Waals surface area contributed by atoms with E-state index in [-0.39, 0.29) is 11.5 Å². The van der Waals surface area contributed by atoms with Crippen LogP contribution in [0.25, 0.3) is 16.6 Å². The summed E-state index contributed by atoms with van der Waals surface area (Å²) in [6, 6.07) is 19.4. The summed E-state index contributed by atoms with van der Waals surface area (Å²) in [4.78, 5) is 42.4. The van der Waals surface area contributed by atoms with Crippen molar-refractivity contribution in [2.75, 3.05) is 5.32 Å². The highest BCUT2D eigenvalue weighted by Gasteiger charge is 2.21. The SMILES string of the molecule is Cc1cc(C)cc(-n2c(SC(C)C(=O)Nc3ccc(C(N)=O)cc3)nc3ccccc3c2=O)c1. The molecule has 0 saturated carbocycles. The molecular weight excluding hydrogens is 448 g/mol. The summed E-state index contributed by atoms with van der Waals surface area (Å²) in [7, 11) is 0. The normalized spacial score (nSPS) is 11.9. The van der Waals surface area contributed by atoms with Crippen molar-refractivity contribution in [3.8, 4) is 5.69 Å². The van der Waals surface area contributed by atoms with Crippen LogP contribution < -0.4 is 16.6 Å². The van der Waals surface area contributed by atoms with Crippen molar-refractivity contribution in [2.24, 2.45) is 5.73 Å². The van der Waals surface area contributed by atoms with Gasteiger partial charge in [0.05, 0.1) is 21.8 Å². The predicted octanol–water partition coefficient (Wildman–Crippen LogP) is 4.22. The molecule has 0 bridgehead atoms. The van der Waals surface area contributed by atoms with Crippen LogP contribution in [0.15, 0.2) is 76.7 Å². The zero-order valence-electron chi connectivity index (χ0n) is 19.0. The van der Waals surface area contributed by atoms with Gasteiger partial charge in [-0.25, -0.2) is 4.98 Å². The van der Waals surface area contributed by atoms with Gasteiger partial charge in [0.25, 0.3) is 5.56 Å². The summed E-state index contributed by atoms with van der Waals surface area (Å²) >= 11 is 1.21. The number of aryl methyl sites for hydroxylation is 2. The van der Waals surface area contributed by atoms with E-state index in [0.29, 0.717) is 33.0 Å². The first kappa shape index (κ1) is 23.3. The lowest BCUT2D eigenvalue weighted by atomic mass is 10.1. The zero-order valence-corrected chi connectivity index (χ0v) is 19.8. The Morgan fingerprint density at radius 3 is 2.29 bits per heavy atom. The van der Waals surface area contributed by atoms with Crippen LogP contribution in [-0.2, 0) is 4.79 Å². The van der Waals surface area contributed by atoms with Gasteiger partial charge in [-0.15, -0.1) is 0 Å². The number of anilines is 1. The molecule has 4 rings (SSSR count). The van der Waals surface area contributed by atoms with E-state index in [4.69, 9.17) is 10.7 Å². The number of fused-ring (bicyclic) bond motifs is 1. The third-order valence-electron chi connectivity index (χ3n) is 5.30. The molecule has 8 heteroatoms. The molecule has 1 heterocycles. The largest absolute Gasteiger partial charge is 0.366 e. The molecule has 3 N–H and O–H groups in total. The Morgan fingerprint density at radius 2 is 1.65 bits per heavy atom. The second-order valence-corrected chi connectivity index (χ2v) is 9.40. The number of nitrogens with two attached hydrogens (primary N) is 1. The summed E-state index contributed by atoms with van der Waals surface area (Å²) in [5.41, 5.74) is 9.31. The molecule has 4 aromatic rings. The van der Waals surface area contributed by atoms with Crippen LogP contribution in [0.4, 0.5) is 5.69 Å². The van der Waals surface area contributed by atoms with E-state index in [2.05, 4.69) is 5.32 Å². The number of nitrogens with zero attached hydrogens (tertiary/aromatic N) is 2. The summed E-state index contributed by atoms with van der Waals surface area (Å²) in [5.74, 6) is -0.792. The van der Waals surface area contributed by atoms with Crippen molar-refractivity contribution in [2.45, 2.75) is 31.2 Å². The number of nitrogens with one attached hydrogen (secondary N) is 1. The molecule has 1 aromatic heterocycles. The zero-order chi connectivity index (χ0) is 24.4. The minimum atomic E-state index is -0.555. The second kappa shape index (κ2) is 9.52. The Bertz CT molecular complexity index is 1440. The Hall–Kier alpha value is -3.91. The minimum absolute atomic E-state index is 0.187. The van der Waals surface area contributed by atoms with E-state index in [0.717, 1.165) is 11.1 Å². The molecule has 2 amide bonds. The number of carbonyl (C=O) groups is 2. The van der Waals surface area contributed by atoms with Crippen molar-refractivity contribution in [1.82, 2.24) is 9.55 Å². The van der Waals surface area contributed by atoms with Gasteiger partial charge in [-0.3, -0.25) is 19.0 Å². The van der Waals surface area contributed by atoms with Crippen LogP contribution >= 0.6 is 11.8 Å². The van der Waals surface area contributed by atoms with E-state index < -0.39 is 11.2 Å². The van der Waals surface area contributed by atoms with Crippen LogP contribution in [0.3, 0.4) is 0 Å². The topological polar surface area (TPSA) is 107 Å². The maximum Gasteiger partial charge on any atom is 0.266 e. The smallest absolute Gasteiger partial charge is 0.266 e. The molecule has 1 unspecified atom stereocenters. The number of amides is 2.